The standard InChI is InChI=1S/C11H16N2OS/c1-8-9(13-11(14)7-12-2)5-4-6-10(8)15-3/h4-6,12H,7H2,1-3H3,(H,13,14). The molecule has 1 aromatic rings. The van der Waals surface area contributed by atoms with Crippen LogP contribution in [-0.4, -0.2) is 25.8 Å². The van der Waals surface area contributed by atoms with E-state index in [4.69, 9.17) is 0 Å². The summed E-state index contributed by atoms with van der Waals surface area (Å²) >= 11 is 1.68. The van der Waals surface area contributed by atoms with Gasteiger partial charge in [0.15, 0.2) is 0 Å². The van der Waals surface area contributed by atoms with Crippen molar-refractivity contribution in [3.63, 3.8) is 0 Å². The van der Waals surface area contributed by atoms with Crippen molar-refractivity contribution in [2.75, 3.05) is 25.2 Å². The van der Waals surface area contributed by atoms with Crippen LogP contribution in [0, 0.1) is 6.92 Å². The van der Waals surface area contributed by atoms with Crippen LogP contribution in [0.15, 0.2) is 23.1 Å². The van der Waals surface area contributed by atoms with Crippen molar-refractivity contribution in [2.45, 2.75) is 11.8 Å². The van der Waals surface area contributed by atoms with Gasteiger partial charge in [0.25, 0.3) is 0 Å². The Hall–Kier alpha value is -1.00. The lowest BCUT2D eigenvalue weighted by Gasteiger charge is -2.10. The molecule has 15 heavy (non-hydrogen) atoms. The van der Waals surface area contributed by atoms with E-state index in [1.165, 1.54) is 4.90 Å². The lowest BCUT2D eigenvalue weighted by molar-refractivity contribution is -0.115. The van der Waals surface area contributed by atoms with E-state index in [9.17, 15) is 4.79 Å². The first-order chi connectivity index (χ1) is 7.19. The highest BCUT2D eigenvalue weighted by Crippen LogP contribution is 2.25. The Kier molecular flexibility index (Phi) is 4.65. The summed E-state index contributed by atoms with van der Waals surface area (Å²) in [6, 6.07) is 5.92. The first kappa shape index (κ1) is 12.1. The smallest absolute Gasteiger partial charge is 0.238 e. The predicted octanol–water partition coefficient (Wildman–Crippen LogP) is 1.87. The molecule has 1 amide bonds. The molecule has 1 aromatic carbocycles. The minimum atomic E-state index is -0.0150. The average molecular weight is 224 g/mol. The highest BCUT2D eigenvalue weighted by Gasteiger charge is 2.05. The number of hydrogen-bond acceptors (Lipinski definition) is 3. The van der Waals surface area contributed by atoms with Crippen LogP contribution in [0.25, 0.3) is 0 Å². The van der Waals surface area contributed by atoms with Gasteiger partial charge in [0, 0.05) is 10.6 Å². The number of nitrogens with one attached hydrogen (secondary N) is 2. The molecule has 0 heterocycles. The van der Waals surface area contributed by atoms with Crippen molar-refractivity contribution in [2.24, 2.45) is 0 Å². The molecule has 0 fully saturated rings. The molecule has 0 aliphatic heterocycles. The zero-order valence-corrected chi connectivity index (χ0v) is 10.1. The first-order valence-corrected chi connectivity index (χ1v) is 5.99. The Morgan fingerprint density at radius 2 is 2.20 bits per heavy atom. The van der Waals surface area contributed by atoms with E-state index in [1.807, 2.05) is 31.4 Å². The van der Waals surface area contributed by atoms with Gasteiger partial charge < -0.3 is 10.6 Å². The maximum Gasteiger partial charge on any atom is 0.238 e. The minimum absolute atomic E-state index is 0.0150. The number of thioether (sulfide) groups is 1. The van der Waals surface area contributed by atoms with Gasteiger partial charge in [-0.1, -0.05) is 6.07 Å². The van der Waals surface area contributed by atoms with Crippen molar-refractivity contribution < 1.29 is 4.79 Å². The number of rotatable bonds is 4. The topological polar surface area (TPSA) is 41.1 Å². The van der Waals surface area contributed by atoms with Crippen LogP contribution < -0.4 is 10.6 Å². The number of likely N-dealkylation sites (N-methyl/N-ethyl adjacent to an activating group) is 1. The number of carbonyl (C=O) groups excluding carboxylic acids is 1. The minimum Gasteiger partial charge on any atom is -0.325 e. The highest BCUT2D eigenvalue weighted by atomic mass is 32.2. The molecular formula is C11H16N2OS. The fourth-order valence-corrected chi connectivity index (χ4v) is 1.96. The van der Waals surface area contributed by atoms with Gasteiger partial charge in [-0.3, -0.25) is 4.79 Å². The SMILES string of the molecule is CNCC(=O)Nc1cccc(SC)c1C. The molecule has 0 bridgehead atoms. The van der Waals surface area contributed by atoms with Gasteiger partial charge in [0.05, 0.1) is 6.54 Å². The molecule has 0 aliphatic rings. The molecule has 0 spiro atoms. The summed E-state index contributed by atoms with van der Waals surface area (Å²) in [5, 5.41) is 5.69. The monoisotopic (exact) mass is 224 g/mol. The summed E-state index contributed by atoms with van der Waals surface area (Å²) in [5.74, 6) is -0.0150. The molecule has 3 nitrogen and oxygen atoms in total. The van der Waals surface area contributed by atoms with E-state index in [1.54, 1.807) is 18.8 Å². The molecule has 82 valence electrons. The van der Waals surface area contributed by atoms with Gasteiger partial charge >= 0.3 is 0 Å². The largest absolute Gasteiger partial charge is 0.325 e. The molecule has 0 saturated heterocycles. The van der Waals surface area contributed by atoms with Gasteiger partial charge in [0.1, 0.15) is 0 Å². The van der Waals surface area contributed by atoms with E-state index in [0.29, 0.717) is 6.54 Å². The van der Waals surface area contributed by atoms with Crippen LogP contribution in [0.3, 0.4) is 0 Å². The van der Waals surface area contributed by atoms with Crippen LogP contribution in [0.1, 0.15) is 5.56 Å². The third kappa shape index (κ3) is 3.25. The van der Waals surface area contributed by atoms with Gasteiger partial charge in [-0.05, 0) is 37.9 Å². The highest BCUT2D eigenvalue weighted by molar-refractivity contribution is 7.98. The normalized spacial score (nSPS) is 10.1. The van der Waals surface area contributed by atoms with Gasteiger partial charge in [-0.2, -0.15) is 0 Å². The van der Waals surface area contributed by atoms with Crippen LogP contribution in [0.4, 0.5) is 5.69 Å². The van der Waals surface area contributed by atoms with Crippen LogP contribution in [0.5, 0.6) is 0 Å². The van der Waals surface area contributed by atoms with Crippen molar-refractivity contribution in [3.05, 3.63) is 23.8 Å². The fraction of sp³-hybridized carbons (Fsp3) is 0.364. The molecule has 0 aliphatic carbocycles. The second-order valence-corrected chi connectivity index (χ2v) is 4.06. The number of amides is 1. The average Bonchev–Trinajstić information content (AvgIpc) is 2.21. The Bertz CT molecular complexity index is 352. The van der Waals surface area contributed by atoms with Crippen molar-refractivity contribution >= 4 is 23.4 Å². The number of hydrogen-bond donors (Lipinski definition) is 2. The Labute approximate surface area is 94.6 Å². The van der Waals surface area contributed by atoms with E-state index in [2.05, 4.69) is 10.6 Å². The van der Waals surface area contributed by atoms with Crippen LogP contribution >= 0.6 is 11.8 Å². The predicted molar refractivity (Wildman–Crippen MR) is 65.5 cm³/mol. The molecule has 0 atom stereocenters. The summed E-state index contributed by atoms with van der Waals surface area (Å²) in [6.45, 7) is 2.35. The Morgan fingerprint density at radius 3 is 2.80 bits per heavy atom. The van der Waals surface area contributed by atoms with Gasteiger partial charge in [-0.25, -0.2) is 0 Å². The van der Waals surface area contributed by atoms with Crippen molar-refractivity contribution in [3.8, 4) is 0 Å². The van der Waals surface area contributed by atoms with Gasteiger partial charge in [0.2, 0.25) is 5.91 Å². The van der Waals surface area contributed by atoms with Crippen molar-refractivity contribution in [1.29, 1.82) is 0 Å². The zero-order chi connectivity index (χ0) is 11.3. The third-order valence-electron chi connectivity index (χ3n) is 2.12. The molecule has 0 saturated carbocycles. The quantitative estimate of drug-likeness (QED) is 0.767. The maximum absolute atomic E-state index is 11.4. The fourth-order valence-electron chi connectivity index (χ4n) is 1.33. The summed E-state index contributed by atoms with van der Waals surface area (Å²) in [5.41, 5.74) is 2.01. The summed E-state index contributed by atoms with van der Waals surface area (Å²) < 4.78 is 0. The van der Waals surface area contributed by atoms with E-state index in [0.717, 1.165) is 11.3 Å². The summed E-state index contributed by atoms with van der Waals surface area (Å²) in [4.78, 5) is 12.6. The Morgan fingerprint density at radius 1 is 1.47 bits per heavy atom. The second-order valence-electron chi connectivity index (χ2n) is 3.21. The number of anilines is 1. The molecule has 0 aromatic heterocycles. The third-order valence-corrected chi connectivity index (χ3v) is 3.00. The summed E-state index contributed by atoms with van der Waals surface area (Å²) in [7, 11) is 1.75. The van der Waals surface area contributed by atoms with E-state index in [-0.39, 0.29) is 5.91 Å². The first-order valence-electron chi connectivity index (χ1n) is 4.77. The van der Waals surface area contributed by atoms with Crippen molar-refractivity contribution in [1.82, 2.24) is 5.32 Å². The molecule has 4 heteroatoms. The van der Waals surface area contributed by atoms with E-state index >= 15 is 0 Å². The second kappa shape index (κ2) is 5.78. The van der Waals surface area contributed by atoms with Gasteiger partial charge in [-0.15, -0.1) is 11.8 Å². The molecule has 1 rings (SSSR count). The van der Waals surface area contributed by atoms with E-state index < -0.39 is 0 Å². The maximum atomic E-state index is 11.4. The zero-order valence-electron chi connectivity index (χ0n) is 9.26. The number of carbonyl (C=O) groups is 1. The van der Waals surface area contributed by atoms with Crippen LogP contribution in [-0.2, 0) is 4.79 Å². The molecule has 2 N–H and O–H groups in total. The number of benzene rings is 1. The molecular weight excluding hydrogens is 208 g/mol. The summed E-state index contributed by atoms with van der Waals surface area (Å²) in [6.07, 6.45) is 2.03. The molecule has 0 unspecified atom stereocenters. The van der Waals surface area contributed by atoms with Crippen LogP contribution in [0.2, 0.25) is 0 Å². The lowest BCUT2D eigenvalue weighted by atomic mass is 10.2. The lowest BCUT2D eigenvalue weighted by Crippen LogP contribution is -2.25. The Balaban J connectivity index is 2.81. The molecule has 0 radical (unpaired) electrons.